The fourth-order valence-electron chi connectivity index (χ4n) is 4.10. The van der Waals surface area contributed by atoms with Gasteiger partial charge in [-0.15, -0.1) is 0 Å². The number of rotatable bonds is 4. The van der Waals surface area contributed by atoms with Crippen LogP contribution in [0.1, 0.15) is 37.7 Å². The van der Waals surface area contributed by atoms with Gasteiger partial charge in [0.25, 0.3) is 0 Å². The number of oxime groups is 1. The van der Waals surface area contributed by atoms with E-state index in [1.54, 1.807) is 7.11 Å². The highest BCUT2D eigenvalue weighted by Crippen LogP contribution is 2.44. The van der Waals surface area contributed by atoms with E-state index in [1.165, 1.54) is 0 Å². The average molecular weight is 357 g/mol. The van der Waals surface area contributed by atoms with Crippen molar-refractivity contribution >= 4 is 28.9 Å². The highest BCUT2D eigenvalue weighted by molar-refractivity contribution is 6.42. The number of aliphatic hydroxyl groups is 1. The molecule has 2 aliphatic heterocycles. The highest BCUT2D eigenvalue weighted by Gasteiger charge is 2.48. The molecule has 4 nitrogen and oxygen atoms in total. The smallest absolute Gasteiger partial charge is 0.106 e. The summed E-state index contributed by atoms with van der Waals surface area (Å²) in [4.78, 5) is 5.05. The largest absolute Gasteiger partial charge is 0.399 e. The molecule has 1 aromatic carbocycles. The van der Waals surface area contributed by atoms with Gasteiger partial charge < -0.3 is 15.3 Å². The summed E-state index contributed by atoms with van der Waals surface area (Å²) < 4.78 is 0. The molecular formula is C17H22Cl2N2O2. The van der Waals surface area contributed by atoms with E-state index in [2.05, 4.69) is 17.4 Å². The van der Waals surface area contributed by atoms with Crippen molar-refractivity contribution < 1.29 is 9.94 Å². The molecule has 2 N–H and O–H groups in total. The van der Waals surface area contributed by atoms with Crippen LogP contribution in [0.5, 0.6) is 0 Å². The van der Waals surface area contributed by atoms with Crippen LogP contribution in [0.15, 0.2) is 23.4 Å². The summed E-state index contributed by atoms with van der Waals surface area (Å²) in [5, 5.41) is 19.3. The Morgan fingerprint density at radius 3 is 2.78 bits per heavy atom. The van der Waals surface area contributed by atoms with E-state index in [9.17, 15) is 5.11 Å². The summed E-state index contributed by atoms with van der Waals surface area (Å²) in [6.45, 7) is 2.07. The molecule has 23 heavy (non-hydrogen) atoms. The number of nitrogens with zero attached hydrogens (tertiary/aromatic N) is 1. The quantitative estimate of drug-likeness (QED) is 0.640. The zero-order valence-electron chi connectivity index (χ0n) is 13.3. The lowest BCUT2D eigenvalue weighted by atomic mass is 9.73. The molecule has 2 unspecified atom stereocenters. The molecule has 2 fully saturated rings. The Balaban J connectivity index is 2.01. The standard InChI is InChI=1S/C17H22Cl2N2O2/c1-3-14(21-23-2)16-11(7-10-8-15(22)17(16)20-10)9-4-5-12(18)13(19)6-9/h4-6,10-11,15-17,20,22H,3,7-8H2,1-2H3/t10?,11-,15?,16-,17+/m1/s1. The molecule has 5 atom stereocenters. The Bertz CT molecular complexity index is 608. The second-order valence-electron chi connectivity index (χ2n) is 6.35. The third kappa shape index (κ3) is 3.22. The summed E-state index contributed by atoms with van der Waals surface area (Å²) in [5.74, 6) is 0.331. The molecule has 6 heteroatoms. The monoisotopic (exact) mass is 356 g/mol. The minimum atomic E-state index is -0.355. The van der Waals surface area contributed by atoms with Gasteiger partial charge in [0.1, 0.15) is 7.11 Å². The van der Waals surface area contributed by atoms with Crippen LogP contribution in [0.25, 0.3) is 0 Å². The maximum Gasteiger partial charge on any atom is 0.106 e. The van der Waals surface area contributed by atoms with E-state index < -0.39 is 0 Å². The van der Waals surface area contributed by atoms with E-state index in [4.69, 9.17) is 28.0 Å². The van der Waals surface area contributed by atoms with Crippen LogP contribution in [0, 0.1) is 5.92 Å². The maximum absolute atomic E-state index is 10.4. The summed E-state index contributed by atoms with van der Waals surface area (Å²) in [6, 6.07) is 6.14. The first-order valence-corrected chi connectivity index (χ1v) is 8.79. The topological polar surface area (TPSA) is 53.9 Å². The third-order valence-electron chi connectivity index (χ3n) is 5.05. The van der Waals surface area contributed by atoms with E-state index in [0.717, 1.165) is 30.5 Å². The Hall–Kier alpha value is -0.810. The van der Waals surface area contributed by atoms with Gasteiger partial charge in [-0.3, -0.25) is 0 Å². The molecule has 0 amide bonds. The van der Waals surface area contributed by atoms with Gasteiger partial charge in [-0.1, -0.05) is 41.3 Å². The van der Waals surface area contributed by atoms with Gasteiger partial charge in [0.05, 0.1) is 21.9 Å². The van der Waals surface area contributed by atoms with Crippen molar-refractivity contribution in [3.8, 4) is 0 Å². The molecule has 0 aromatic heterocycles. The lowest BCUT2D eigenvalue weighted by Gasteiger charge is -2.39. The molecule has 0 spiro atoms. The van der Waals surface area contributed by atoms with Crippen LogP contribution < -0.4 is 5.32 Å². The van der Waals surface area contributed by atoms with E-state index >= 15 is 0 Å². The predicted octanol–water partition coefficient (Wildman–Crippen LogP) is 3.60. The first-order valence-electron chi connectivity index (χ1n) is 8.04. The minimum Gasteiger partial charge on any atom is -0.399 e. The Morgan fingerprint density at radius 1 is 1.35 bits per heavy atom. The normalized spacial score (nSPS) is 33.8. The number of piperidine rings is 1. The maximum atomic E-state index is 10.4. The molecule has 0 aliphatic carbocycles. The van der Waals surface area contributed by atoms with Crippen LogP contribution in [-0.4, -0.2) is 36.1 Å². The molecule has 3 rings (SSSR count). The minimum absolute atomic E-state index is 0.00190. The molecule has 2 bridgehead atoms. The van der Waals surface area contributed by atoms with Crippen molar-refractivity contribution in [3.63, 3.8) is 0 Å². The Morgan fingerprint density at radius 2 is 2.13 bits per heavy atom. The number of hydrogen-bond acceptors (Lipinski definition) is 4. The van der Waals surface area contributed by atoms with E-state index in [-0.39, 0.29) is 24.0 Å². The molecular weight excluding hydrogens is 335 g/mol. The van der Waals surface area contributed by atoms with Gasteiger partial charge in [-0.05, 0) is 42.9 Å². The second kappa shape index (κ2) is 6.98. The van der Waals surface area contributed by atoms with Crippen molar-refractivity contribution in [2.75, 3.05) is 7.11 Å². The van der Waals surface area contributed by atoms with Crippen LogP contribution >= 0.6 is 23.2 Å². The van der Waals surface area contributed by atoms with Gasteiger partial charge in [-0.25, -0.2) is 0 Å². The molecule has 0 saturated carbocycles. The summed E-state index contributed by atoms with van der Waals surface area (Å²) in [7, 11) is 1.56. The number of benzene rings is 1. The average Bonchev–Trinajstić information content (AvgIpc) is 2.83. The molecule has 2 heterocycles. The van der Waals surface area contributed by atoms with Gasteiger partial charge in [0.15, 0.2) is 0 Å². The number of aliphatic hydroxyl groups excluding tert-OH is 1. The number of nitrogens with one attached hydrogen (secondary N) is 1. The SMILES string of the molecule is CCC(=NOC)[C@H]1[C@@H](c2ccc(Cl)c(Cl)c2)CC2CC(O)[C@@H]1N2. The Labute approximate surface area is 146 Å². The van der Waals surface area contributed by atoms with Crippen molar-refractivity contribution in [1.29, 1.82) is 0 Å². The van der Waals surface area contributed by atoms with Crippen molar-refractivity contribution in [3.05, 3.63) is 33.8 Å². The molecule has 2 saturated heterocycles. The summed E-state index contributed by atoms with van der Waals surface area (Å²) in [6.07, 6.45) is 2.15. The molecule has 126 valence electrons. The first kappa shape index (κ1) is 17.0. The lowest BCUT2D eigenvalue weighted by Crippen LogP contribution is -2.50. The van der Waals surface area contributed by atoms with E-state index in [1.807, 2.05) is 18.2 Å². The fraction of sp³-hybridized carbons (Fsp3) is 0.588. The van der Waals surface area contributed by atoms with E-state index in [0.29, 0.717) is 16.1 Å². The van der Waals surface area contributed by atoms with Gasteiger partial charge >= 0.3 is 0 Å². The van der Waals surface area contributed by atoms with Crippen LogP contribution in [0.4, 0.5) is 0 Å². The summed E-state index contributed by atoms with van der Waals surface area (Å²) in [5.41, 5.74) is 2.12. The summed E-state index contributed by atoms with van der Waals surface area (Å²) >= 11 is 12.3. The van der Waals surface area contributed by atoms with Crippen LogP contribution in [0.3, 0.4) is 0 Å². The highest BCUT2D eigenvalue weighted by atomic mass is 35.5. The lowest BCUT2D eigenvalue weighted by molar-refractivity contribution is 0.136. The number of halogens is 2. The molecule has 2 aliphatic rings. The van der Waals surface area contributed by atoms with Crippen LogP contribution in [-0.2, 0) is 4.84 Å². The van der Waals surface area contributed by atoms with Crippen molar-refractivity contribution in [2.24, 2.45) is 11.1 Å². The fourth-order valence-corrected chi connectivity index (χ4v) is 4.41. The Kier molecular flexibility index (Phi) is 5.16. The van der Waals surface area contributed by atoms with Crippen LogP contribution in [0.2, 0.25) is 10.0 Å². The van der Waals surface area contributed by atoms with Crippen molar-refractivity contribution in [1.82, 2.24) is 5.32 Å². The zero-order chi connectivity index (χ0) is 16.6. The van der Waals surface area contributed by atoms with Crippen molar-refractivity contribution in [2.45, 2.75) is 50.3 Å². The number of fused-ring (bicyclic) bond motifs is 2. The predicted molar refractivity (Wildman–Crippen MR) is 93.4 cm³/mol. The van der Waals surface area contributed by atoms with Gasteiger partial charge in [0.2, 0.25) is 0 Å². The zero-order valence-corrected chi connectivity index (χ0v) is 14.8. The van der Waals surface area contributed by atoms with Gasteiger partial charge in [-0.2, -0.15) is 0 Å². The molecule has 0 radical (unpaired) electrons. The molecule has 1 aromatic rings. The second-order valence-corrected chi connectivity index (χ2v) is 7.17. The first-order chi connectivity index (χ1) is 11.0. The van der Waals surface area contributed by atoms with Gasteiger partial charge in [0, 0.05) is 18.0 Å². The number of hydrogen-bond donors (Lipinski definition) is 2. The third-order valence-corrected chi connectivity index (χ3v) is 5.79.